The van der Waals surface area contributed by atoms with Crippen molar-refractivity contribution in [2.24, 2.45) is 0 Å². The molecule has 1 aliphatic carbocycles. The summed E-state index contributed by atoms with van der Waals surface area (Å²) in [5, 5.41) is 8.07. The van der Waals surface area contributed by atoms with Crippen LogP contribution in [0.2, 0.25) is 0 Å². The van der Waals surface area contributed by atoms with Gasteiger partial charge in [-0.05, 0) is 49.1 Å². The number of anilines is 3. The molecule has 0 radical (unpaired) electrons. The molecule has 2 N–H and O–H groups in total. The van der Waals surface area contributed by atoms with Gasteiger partial charge in [-0.2, -0.15) is 4.98 Å². The van der Waals surface area contributed by atoms with E-state index in [0.717, 1.165) is 28.8 Å². The lowest BCUT2D eigenvalue weighted by Crippen LogP contribution is -2.16. The van der Waals surface area contributed by atoms with Crippen LogP contribution in [0.25, 0.3) is 10.9 Å². The average Bonchev–Trinajstić information content (AvgIpc) is 3.15. The van der Waals surface area contributed by atoms with Crippen LogP contribution < -0.4 is 10.6 Å². The number of aromatic nitrogens is 2. The Balaban J connectivity index is 1.65. The quantitative estimate of drug-likeness (QED) is 0.666. The monoisotopic (exact) mass is 332 g/mol. The van der Waals surface area contributed by atoms with Crippen LogP contribution in [0.4, 0.5) is 17.5 Å². The van der Waals surface area contributed by atoms with E-state index >= 15 is 0 Å². The lowest BCUT2D eigenvalue weighted by atomic mass is 10.1. The van der Waals surface area contributed by atoms with Crippen LogP contribution >= 0.6 is 0 Å². The average molecular weight is 332 g/mol. The van der Waals surface area contributed by atoms with Crippen molar-refractivity contribution in [1.82, 2.24) is 9.97 Å². The molecule has 4 nitrogen and oxygen atoms in total. The summed E-state index contributed by atoms with van der Waals surface area (Å²) in [6.07, 6.45) is 6.09. The molecule has 1 heterocycles. The molecule has 4 rings (SSSR count). The van der Waals surface area contributed by atoms with E-state index in [0.29, 0.717) is 12.0 Å². The molecule has 0 spiro atoms. The summed E-state index contributed by atoms with van der Waals surface area (Å²) in [4.78, 5) is 9.46. The number of nitrogens with one attached hydrogen (secondary N) is 2. The minimum atomic E-state index is 0.523. The second kappa shape index (κ2) is 7.09. The Morgan fingerprint density at radius 1 is 0.960 bits per heavy atom. The van der Waals surface area contributed by atoms with Gasteiger partial charge in [0.15, 0.2) is 0 Å². The second-order valence-electron chi connectivity index (χ2n) is 6.71. The van der Waals surface area contributed by atoms with Crippen molar-refractivity contribution < 1.29 is 0 Å². The Kier molecular flexibility index (Phi) is 4.51. The number of nitrogens with zero attached hydrogens (tertiary/aromatic N) is 2. The zero-order chi connectivity index (χ0) is 17.1. The molecule has 1 aromatic heterocycles. The van der Waals surface area contributed by atoms with Crippen LogP contribution in [0.15, 0.2) is 48.5 Å². The van der Waals surface area contributed by atoms with Gasteiger partial charge in [0, 0.05) is 17.1 Å². The molecule has 0 aliphatic heterocycles. The van der Waals surface area contributed by atoms with E-state index in [4.69, 9.17) is 4.98 Å². The zero-order valence-electron chi connectivity index (χ0n) is 14.6. The Bertz CT molecular complexity index is 851. The maximum absolute atomic E-state index is 4.77. The first kappa shape index (κ1) is 15.9. The van der Waals surface area contributed by atoms with Gasteiger partial charge in [-0.3, -0.25) is 0 Å². The number of aryl methyl sites for hydroxylation is 1. The molecule has 0 unspecified atom stereocenters. The van der Waals surface area contributed by atoms with Gasteiger partial charge in [0.1, 0.15) is 5.82 Å². The van der Waals surface area contributed by atoms with Gasteiger partial charge < -0.3 is 10.6 Å². The summed E-state index contributed by atoms with van der Waals surface area (Å²) in [6.45, 7) is 2.16. The summed E-state index contributed by atoms with van der Waals surface area (Å²) >= 11 is 0. The Hall–Kier alpha value is -2.62. The molecule has 0 bridgehead atoms. The summed E-state index contributed by atoms with van der Waals surface area (Å²) in [5.41, 5.74) is 3.30. The summed E-state index contributed by atoms with van der Waals surface area (Å²) in [6, 6.07) is 17.2. The SMILES string of the molecule is CCc1ccc(Nc2nc(NC3CCCC3)c3ccccc3n2)cc1. The normalized spacial score (nSPS) is 14.8. The lowest BCUT2D eigenvalue weighted by Gasteiger charge is -2.16. The van der Waals surface area contributed by atoms with E-state index in [2.05, 4.69) is 52.9 Å². The molecule has 1 saturated carbocycles. The lowest BCUT2D eigenvalue weighted by molar-refractivity contribution is 0.752. The molecular formula is C21H24N4. The van der Waals surface area contributed by atoms with Crippen molar-refractivity contribution >= 4 is 28.4 Å². The molecule has 2 aromatic carbocycles. The van der Waals surface area contributed by atoms with Gasteiger partial charge >= 0.3 is 0 Å². The predicted molar refractivity (Wildman–Crippen MR) is 105 cm³/mol. The first-order valence-corrected chi connectivity index (χ1v) is 9.21. The van der Waals surface area contributed by atoms with E-state index < -0.39 is 0 Å². The van der Waals surface area contributed by atoms with Crippen molar-refractivity contribution in [3.05, 3.63) is 54.1 Å². The third-order valence-electron chi connectivity index (χ3n) is 4.92. The minimum absolute atomic E-state index is 0.523. The van der Waals surface area contributed by atoms with Gasteiger partial charge in [0.2, 0.25) is 5.95 Å². The van der Waals surface area contributed by atoms with Crippen molar-refractivity contribution in [2.45, 2.75) is 45.1 Å². The highest BCUT2D eigenvalue weighted by atomic mass is 15.2. The Morgan fingerprint density at radius 3 is 2.48 bits per heavy atom. The molecule has 0 saturated heterocycles. The van der Waals surface area contributed by atoms with Crippen LogP contribution in [0.5, 0.6) is 0 Å². The maximum Gasteiger partial charge on any atom is 0.229 e. The minimum Gasteiger partial charge on any atom is -0.367 e. The van der Waals surface area contributed by atoms with Gasteiger partial charge in [-0.1, -0.05) is 44.0 Å². The zero-order valence-corrected chi connectivity index (χ0v) is 14.6. The smallest absolute Gasteiger partial charge is 0.229 e. The molecule has 4 heteroatoms. The van der Waals surface area contributed by atoms with Crippen LogP contribution in [0.3, 0.4) is 0 Å². The summed E-state index contributed by atoms with van der Waals surface area (Å²) in [7, 11) is 0. The highest BCUT2D eigenvalue weighted by Gasteiger charge is 2.17. The van der Waals surface area contributed by atoms with Gasteiger partial charge in [-0.25, -0.2) is 4.98 Å². The van der Waals surface area contributed by atoms with E-state index in [-0.39, 0.29) is 0 Å². The Morgan fingerprint density at radius 2 is 1.72 bits per heavy atom. The predicted octanol–water partition coefficient (Wildman–Crippen LogP) is 5.29. The van der Waals surface area contributed by atoms with Crippen molar-refractivity contribution in [2.75, 3.05) is 10.6 Å². The molecule has 1 aliphatic rings. The largest absolute Gasteiger partial charge is 0.367 e. The topological polar surface area (TPSA) is 49.8 Å². The fourth-order valence-electron chi connectivity index (χ4n) is 3.46. The fraction of sp³-hybridized carbons (Fsp3) is 0.333. The number of rotatable bonds is 5. The molecule has 0 atom stereocenters. The Labute approximate surface area is 148 Å². The molecular weight excluding hydrogens is 308 g/mol. The van der Waals surface area contributed by atoms with Gasteiger partial charge in [-0.15, -0.1) is 0 Å². The highest BCUT2D eigenvalue weighted by molar-refractivity contribution is 5.90. The number of fused-ring (bicyclic) bond motifs is 1. The highest BCUT2D eigenvalue weighted by Crippen LogP contribution is 2.27. The number of para-hydroxylation sites is 1. The van der Waals surface area contributed by atoms with Gasteiger partial charge in [0.05, 0.1) is 5.52 Å². The second-order valence-corrected chi connectivity index (χ2v) is 6.71. The van der Waals surface area contributed by atoms with Crippen molar-refractivity contribution in [3.63, 3.8) is 0 Å². The van der Waals surface area contributed by atoms with E-state index in [9.17, 15) is 0 Å². The standard InChI is InChI=1S/C21H24N4/c1-2-15-11-13-17(14-12-15)23-21-24-19-10-6-5-9-18(19)20(25-21)22-16-7-3-4-8-16/h5-6,9-14,16H,2-4,7-8H2,1H3,(H2,22,23,24,25). The first-order valence-electron chi connectivity index (χ1n) is 9.21. The van der Waals surface area contributed by atoms with Gasteiger partial charge in [0.25, 0.3) is 0 Å². The number of benzene rings is 2. The van der Waals surface area contributed by atoms with E-state index in [1.54, 1.807) is 0 Å². The molecule has 128 valence electrons. The van der Waals surface area contributed by atoms with Crippen LogP contribution in [0, 0.1) is 0 Å². The molecule has 25 heavy (non-hydrogen) atoms. The summed E-state index contributed by atoms with van der Waals surface area (Å²) in [5.74, 6) is 1.58. The van der Waals surface area contributed by atoms with Crippen molar-refractivity contribution in [1.29, 1.82) is 0 Å². The van der Waals surface area contributed by atoms with Crippen LogP contribution in [-0.4, -0.2) is 16.0 Å². The third-order valence-corrected chi connectivity index (χ3v) is 4.92. The molecule has 1 fully saturated rings. The molecule has 0 amide bonds. The fourth-order valence-corrected chi connectivity index (χ4v) is 3.46. The van der Waals surface area contributed by atoms with E-state index in [1.165, 1.54) is 31.2 Å². The van der Waals surface area contributed by atoms with Crippen LogP contribution in [0.1, 0.15) is 38.2 Å². The number of hydrogen-bond acceptors (Lipinski definition) is 4. The number of hydrogen-bond donors (Lipinski definition) is 2. The van der Waals surface area contributed by atoms with Crippen LogP contribution in [-0.2, 0) is 6.42 Å². The maximum atomic E-state index is 4.77. The molecule has 3 aromatic rings. The summed E-state index contributed by atoms with van der Waals surface area (Å²) < 4.78 is 0. The third kappa shape index (κ3) is 3.58. The van der Waals surface area contributed by atoms with Crippen molar-refractivity contribution in [3.8, 4) is 0 Å². The first-order chi connectivity index (χ1) is 12.3. The van der Waals surface area contributed by atoms with E-state index in [1.807, 2.05) is 18.2 Å².